The Morgan fingerprint density at radius 2 is 2.25 bits per heavy atom. The highest BCUT2D eigenvalue weighted by Crippen LogP contribution is 2.26. The quantitative estimate of drug-likeness (QED) is 0.822. The third-order valence-electron chi connectivity index (χ3n) is 3.67. The van der Waals surface area contributed by atoms with E-state index in [1.807, 2.05) is 20.8 Å². The Morgan fingerprint density at radius 3 is 2.80 bits per heavy atom. The van der Waals surface area contributed by atoms with Crippen LogP contribution >= 0.6 is 0 Å². The van der Waals surface area contributed by atoms with Crippen LogP contribution in [0.25, 0.3) is 0 Å². The highest BCUT2D eigenvalue weighted by atomic mass is 16.5. The van der Waals surface area contributed by atoms with E-state index >= 15 is 0 Å². The second-order valence-electron chi connectivity index (χ2n) is 5.86. The molecule has 1 aromatic heterocycles. The van der Waals surface area contributed by atoms with Gasteiger partial charge in [0.15, 0.2) is 5.82 Å². The molecule has 2 heterocycles. The lowest BCUT2D eigenvalue weighted by molar-refractivity contribution is -0.149. The van der Waals surface area contributed by atoms with Crippen molar-refractivity contribution in [3.05, 3.63) is 11.7 Å². The first-order chi connectivity index (χ1) is 9.42. The van der Waals surface area contributed by atoms with Crippen LogP contribution in [0.15, 0.2) is 4.52 Å². The monoisotopic (exact) mass is 281 g/mol. The van der Waals surface area contributed by atoms with Gasteiger partial charge in [-0.2, -0.15) is 4.98 Å². The Balaban J connectivity index is 1.88. The first-order valence-corrected chi connectivity index (χ1v) is 7.14. The molecule has 1 aromatic rings. The van der Waals surface area contributed by atoms with Crippen molar-refractivity contribution in [1.82, 2.24) is 15.0 Å². The first kappa shape index (κ1) is 15.0. The maximum atomic E-state index is 12.3. The zero-order valence-corrected chi connectivity index (χ0v) is 12.7. The molecule has 0 aliphatic carbocycles. The smallest absolute Gasteiger partial charge is 0.254 e. The summed E-state index contributed by atoms with van der Waals surface area (Å²) >= 11 is 0. The first-order valence-electron chi connectivity index (χ1n) is 7.14. The molecule has 1 fully saturated rings. The lowest BCUT2D eigenvalue weighted by Gasteiger charge is -2.28. The number of nitrogens with zero attached hydrogens (tertiary/aromatic N) is 3. The molecule has 1 aliphatic rings. The summed E-state index contributed by atoms with van der Waals surface area (Å²) < 4.78 is 10.7. The van der Waals surface area contributed by atoms with Gasteiger partial charge >= 0.3 is 0 Å². The van der Waals surface area contributed by atoms with Crippen molar-refractivity contribution in [3.8, 4) is 0 Å². The summed E-state index contributed by atoms with van der Waals surface area (Å²) in [5.41, 5.74) is -0.658. The van der Waals surface area contributed by atoms with Gasteiger partial charge in [-0.1, -0.05) is 19.0 Å². The van der Waals surface area contributed by atoms with Crippen molar-refractivity contribution in [3.63, 3.8) is 0 Å². The van der Waals surface area contributed by atoms with Crippen molar-refractivity contribution >= 4 is 5.91 Å². The van der Waals surface area contributed by atoms with Gasteiger partial charge in [0, 0.05) is 32.5 Å². The number of hydrogen-bond donors (Lipinski definition) is 0. The lowest BCUT2D eigenvalue weighted by atomic mass is 10.0. The van der Waals surface area contributed by atoms with E-state index in [4.69, 9.17) is 9.26 Å². The number of hydrogen-bond acceptors (Lipinski definition) is 5. The van der Waals surface area contributed by atoms with Crippen LogP contribution in [-0.2, 0) is 16.0 Å². The van der Waals surface area contributed by atoms with E-state index in [1.54, 1.807) is 11.9 Å². The van der Waals surface area contributed by atoms with Gasteiger partial charge in [0.1, 0.15) is 5.60 Å². The molecule has 1 aliphatic heterocycles. The molecule has 1 saturated heterocycles. The lowest BCUT2D eigenvalue weighted by Crippen LogP contribution is -2.45. The highest BCUT2D eigenvalue weighted by Gasteiger charge is 2.39. The summed E-state index contributed by atoms with van der Waals surface area (Å²) in [6.45, 7) is 7.11. The van der Waals surface area contributed by atoms with Crippen LogP contribution in [-0.4, -0.2) is 46.7 Å². The molecule has 20 heavy (non-hydrogen) atoms. The van der Waals surface area contributed by atoms with Crippen LogP contribution in [0.1, 0.15) is 51.2 Å². The van der Waals surface area contributed by atoms with Crippen molar-refractivity contribution in [1.29, 1.82) is 0 Å². The van der Waals surface area contributed by atoms with Crippen LogP contribution < -0.4 is 0 Å². The molecule has 6 nitrogen and oxygen atoms in total. The molecular weight excluding hydrogens is 258 g/mol. The number of likely N-dealkylation sites (N-methyl/N-ethyl adjacent to an activating group) is 1. The molecule has 6 heteroatoms. The fourth-order valence-corrected chi connectivity index (χ4v) is 2.32. The van der Waals surface area contributed by atoms with Crippen molar-refractivity contribution < 1.29 is 14.1 Å². The molecular formula is C14H23N3O3. The third kappa shape index (κ3) is 3.17. The number of carbonyl (C=O) groups is 1. The van der Waals surface area contributed by atoms with Gasteiger partial charge in [0.2, 0.25) is 5.89 Å². The molecule has 0 bridgehead atoms. The second-order valence-corrected chi connectivity index (χ2v) is 5.86. The van der Waals surface area contributed by atoms with Gasteiger partial charge in [0.05, 0.1) is 0 Å². The van der Waals surface area contributed by atoms with Crippen LogP contribution in [0.2, 0.25) is 0 Å². The van der Waals surface area contributed by atoms with Crippen LogP contribution in [0.3, 0.4) is 0 Å². The molecule has 2 rings (SSSR count). The molecule has 0 N–H and O–H groups in total. The Labute approximate surface area is 119 Å². The number of aromatic nitrogens is 2. The summed E-state index contributed by atoms with van der Waals surface area (Å²) in [4.78, 5) is 18.3. The topological polar surface area (TPSA) is 68.5 Å². The molecule has 1 amide bonds. The minimum Gasteiger partial charge on any atom is -0.365 e. The minimum absolute atomic E-state index is 0.0302. The van der Waals surface area contributed by atoms with E-state index in [-0.39, 0.29) is 11.8 Å². The normalized spacial score (nSPS) is 22.4. The summed E-state index contributed by atoms with van der Waals surface area (Å²) in [5, 5.41) is 3.93. The van der Waals surface area contributed by atoms with Gasteiger partial charge in [-0.25, -0.2) is 0 Å². The van der Waals surface area contributed by atoms with Crippen molar-refractivity contribution in [2.45, 2.75) is 51.6 Å². The van der Waals surface area contributed by atoms with Crippen LogP contribution in [0.5, 0.6) is 0 Å². The number of rotatable bonds is 5. The Kier molecular flexibility index (Phi) is 4.42. The van der Waals surface area contributed by atoms with E-state index < -0.39 is 5.60 Å². The maximum Gasteiger partial charge on any atom is 0.254 e. The zero-order chi connectivity index (χ0) is 14.8. The molecule has 0 aromatic carbocycles. The van der Waals surface area contributed by atoms with E-state index in [1.165, 1.54) is 0 Å². The SMILES string of the molecule is CC(C)c1nc(CCN(C)C(=O)[C@]2(C)CCCO2)no1. The van der Waals surface area contributed by atoms with Gasteiger partial charge in [0.25, 0.3) is 5.91 Å². The fraction of sp³-hybridized carbons (Fsp3) is 0.786. The van der Waals surface area contributed by atoms with Crippen LogP contribution in [0, 0.1) is 0 Å². The molecule has 1 atom stereocenters. The van der Waals surface area contributed by atoms with E-state index in [2.05, 4.69) is 10.1 Å². The van der Waals surface area contributed by atoms with Gasteiger partial charge in [-0.3, -0.25) is 4.79 Å². The zero-order valence-electron chi connectivity index (χ0n) is 12.7. The largest absolute Gasteiger partial charge is 0.365 e. The molecule has 0 saturated carbocycles. The Hall–Kier alpha value is -1.43. The molecule has 0 spiro atoms. The predicted octanol–water partition coefficient (Wildman–Crippen LogP) is 1.76. The van der Waals surface area contributed by atoms with Gasteiger partial charge < -0.3 is 14.2 Å². The average molecular weight is 281 g/mol. The molecule has 0 unspecified atom stereocenters. The summed E-state index contributed by atoms with van der Waals surface area (Å²) in [7, 11) is 1.79. The number of amides is 1. The van der Waals surface area contributed by atoms with Gasteiger partial charge in [-0.05, 0) is 19.8 Å². The summed E-state index contributed by atoms with van der Waals surface area (Å²) in [5.74, 6) is 1.54. The van der Waals surface area contributed by atoms with Crippen molar-refractivity contribution in [2.24, 2.45) is 0 Å². The van der Waals surface area contributed by atoms with E-state index in [0.717, 1.165) is 12.8 Å². The molecule has 0 radical (unpaired) electrons. The second kappa shape index (κ2) is 5.91. The molecule has 112 valence electrons. The van der Waals surface area contributed by atoms with E-state index in [9.17, 15) is 4.79 Å². The predicted molar refractivity (Wildman–Crippen MR) is 73.3 cm³/mol. The average Bonchev–Trinajstić information content (AvgIpc) is 3.04. The third-order valence-corrected chi connectivity index (χ3v) is 3.67. The number of carbonyl (C=O) groups excluding carboxylic acids is 1. The number of ether oxygens (including phenoxy) is 1. The Bertz CT molecular complexity index is 464. The minimum atomic E-state index is -0.658. The maximum absolute atomic E-state index is 12.3. The summed E-state index contributed by atoms with van der Waals surface area (Å²) in [6, 6.07) is 0. The van der Waals surface area contributed by atoms with Gasteiger partial charge in [-0.15, -0.1) is 0 Å². The Morgan fingerprint density at radius 1 is 1.50 bits per heavy atom. The standard InChI is InChI=1S/C14H23N3O3/c1-10(2)12-15-11(16-20-12)6-8-17(4)13(18)14(3)7-5-9-19-14/h10H,5-9H2,1-4H3/t14-/m0/s1. The highest BCUT2D eigenvalue weighted by molar-refractivity contribution is 5.84. The van der Waals surface area contributed by atoms with Crippen LogP contribution in [0.4, 0.5) is 0 Å². The summed E-state index contributed by atoms with van der Waals surface area (Å²) in [6.07, 6.45) is 2.32. The van der Waals surface area contributed by atoms with E-state index in [0.29, 0.717) is 31.3 Å². The van der Waals surface area contributed by atoms with Crippen molar-refractivity contribution in [2.75, 3.05) is 20.2 Å². The fourth-order valence-electron chi connectivity index (χ4n) is 2.32.